The largest absolute Gasteiger partial charge is 0.875 e. The summed E-state index contributed by atoms with van der Waals surface area (Å²) < 4.78 is 3.06. The Bertz CT molecular complexity index is 1110. The quantitative estimate of drug-likeness (QED) is 0.408. The molecule has 3 aromatic heterocycles. The number of ketones is 1. The molecule has 1 N–H and O–H groups in total. The van der Waals surface area contributed by atoms with E-state index in [4.69, 9.17) is 11.6 Å². The van der Waals surface area contributed by atoms with Crippen LogP contribution in [-0.2, 0) is 11.3 Å². The van der Waals surface area contributed by atoms with E-state index in [2.05, 4.69) is 4.98 Å². The van der Waals surface area contributed by atoms with Gasteiger partial charge in [-0.25, -0.2) is 9.78 Å². The maximum Gasteiger partial charge on any atom is 0.354 e. The summed E-state index contributed by atoms with van der Waals surface area (Å²) in [7, 11) is 0. The average molecular weight is 392 g/mol. The molecule has 0 radical (unpaired) electrons. The fourth-order valence-electron chi connectivity index (χ4n) is 2.77. The molecule has 0 atom stereocenters. The van der Waals surface area contributed by atoms with E-state index in [0.717, 1.165) is 4.88 Å². The second kappa shape index (κ2) is 6.89. The molecule has 134 valence electrons. The van der Waals surface area contributed by atoms with Gasteiger partial charge in [0.05, 0.1) is 11.1 Å². The van der Waals surface area contributed by atoms with Crippen molar-refractivity contribution in [1.82, 2.24) is 9.38 Å². The third kappa shape index (κ3) is 3.09. The topological polar surface area (TPSA) is 98.6 Å². The van der Waals surface area contributed by atoms with Gasteiger partial charge in [0.2, 0.25) is 0 Å². The van der Waals surface area contributed by atoms with E-state index < -0.39 is 23.0 Å². The molecule has 0 aromatic carbocycles. The molecule has 0 unspecified atom stereocenters. The van der Waals surface area contributed by atoms with Crippen molar-refractivity contribution >= 4 is 39.9 Å². The Morgan fingerprint density at radius 2 is 2.15 bits per heavy atom. The summed E-state index contributed by atoms with van der Waals surface area (Å²) in [5, 5.41) is 22.7. The molecule has 3 heterocycles. The van der Waals surface area contributed by atoms with Crippen LogP contribution in [0.5, 0.6) is 5.88 Å². The highest BCUT2D eigenvalue weighted by atomic mass is 35.5. The maximum atomic E-state index is 12.8. The number of Topliss-reactive ketones (excluding diaryl/α,β-unsaturated/α-hetero) is 1. The second-order valence-corrected chi connectivity index (χ2v) is 7.28. The van der Waals surface area contributed by atoms with E-state index in [-0.39, 0.29) is 17.7 Å². The van der Waals surface area contributed by atoms with Crippen LogP contribution in [0.1, 0.15) is 24.3 Å². The summed E-state index contributed by atoms with van der Waals surface area (Å²) in [5.74, 6) is -1.63. The molecule has 0 aliphatic heterocycles. The summed E-state index contributed by atoms with van der Waals surface area (Å²) in [6, 6.07) is 5.00. The molecule has 0 aliphatic rings. The first kappa shape index (κ1) is 18.1. The number of carbonyl (C=O) groups excluding carboxylic acids is 1. The number of carbonyl (C=O) groups is 1. The summed E-state index contributed by atoms with van der Waals surface area (Å²) in [4.78, 5) is 29.5. The van der Waals surface area contributed by atoms with Crippen LogP contribution in [0.2, 0.25) is 4.47 Å². The third-order valence-corrected chi connectivity index (χ3v) is 4.92. The number of aromatic nitrogens is 3. The lowest BCUT2D eigenvalue weighted by atomic mass is 10.0. The smallest absolute Gasteiger partial charge is 0.354 e. The highest BCUT2D eigenvalue weighted by Crippen LogP contribution is 2.23. The Morgan fingerprint density at radius 3 is 2.73 bits per heavy atom. The first-order chi connectivity index (χ1) is 12.3. The molecule has 0 fully saturated rings. The molecule has 0 saturated carbocycles. The van der Waals surface area contributed by atoms with E-state index in [9.17, 15) is 19.8 Å². The number of fused-ring (bicyclic) bond motifs is 1. The Labute approximate surface area is 157 Å². The molecule has 9 heteroatoms. The summed E-state index contributed by atoms with van der Waals surface area (Å²) in [6.45, 7) is 2.53. The molecule has 7 nitrogen and oxygen atoms in total. The van der Waals surface area contributed by atoms with E-state index in [1.807, 2.05) is 0 Å². The number of nitrogens with zero attached hydrogens (tertiary/aromatic N) is 3. The first-order valence-electron chi connectivity index (χ1n) is 7.56. The molecule has 3 aromatic rings. The van der Waals surface area contributed by atoms with Gasteiger partial charge in [0.25, 0.3) is 11.5 Å². The van der Waals surface area contributed by atoms with Crippen molar-refractivity contribution in [3.63, 3.8) is 0 Å². The minimum Gasteiger partial charge on any atom is -0.875 e. The van der Waals surface area contributed by atoms with Gasteiger partial charge in [-0.3, -0.25) is 4.79 Å². The van der Waals surface area contributed by atoms with E-state index in [1.165, 1.54) is 40.3 Å². The zero-order valence-electron chi connectivity index (χ0n) is 13.9. The van der Waals surface area contributed by atoms with Gasteiger partial charge in [-0.15, -0.1) is 17.1 Å². The predicted molar refractivity (Wildman–Crippen MR) is 95.0 cm³/mol. The number of halogens is 1. The number of rotatable bonds is 4. The molecule has 26 heavy (non-hydrogen) atoms. The molecule has 3 rings (SSSR count). The third-order valence-electron chi connectivity index (χ3n) is 3.82. The van der Waals surface area contributed by atoms with Gasteiger partial charge in [0.1, 0.15) is 6.54 Å². The zero-order chi connectivity index (χ0) is 19.0. The normalized spacial score (nSPS) is 12.3. The fraction of sp³-hybridized carbons (Fsp3) is 0.176. The SMILES string of the molecule is CC(=O)C(=C(C)[O-])c1c(O)[n+](Cc2cnc(Cl)s2)c2ccccn2c1=O. The molecule has 0 saturated heterocycles. The Kier molecular flexibility index (Phi) is 4.80. The molecular weight excluding hydrogens is 378 g/mol. The maximum absolute atomic E-state index is 12.8. The van der Waals surface area contributed by atoms with Crippen LogP contribution < -0.4 is 15.2 Å². The number of allylic oxidation sites excluding steroid dienone is 2. The van der Waals surface area contributed by atoms with Gasteiger partial charge in [-0.05, 0) is 13.0 Å². The van der Waals surface area contributed by atoms with Crippen molar-refractivity contribution in [1.29, 1.82) is 0 Å². The summed E-state index contributed by atoms with van der Waals surface area (Å²) in [6.07, 6.45) is 3.07. The van der Waals surface area contributed by atoms with E-state index in [0.29, 0.717) is 10.1 Å². The van der Waals surface area contributed by atoms with Gasteiger partial charge < -0.3 is 10.2 Å². The highest BCUT2D eigenvalue weighted by Gasteiger charge is 2.28. The standard InChI is InChI=1S/C17H14ClN3O4S/c1-9(22)13(10(2)23)14-15(24)20-6-4-3-5-12(20)21(16(14)25)8-11-7-19-17(18)26-11/h3-7H,8H2,1-2H3,(H-,22,23,24,25). The van der Waals surface area contributed by atoms with Crippen LogP contribution in [0, 0.1) is 0 Å². The molecular formula is C17H14ClN3O4S. The van der Waals surface area contributed by atoms with Gasteiger partial charge in [0, 0.05) is 17.8 Å². The van der Waals surface area contributed by atoms with Crippen molar-refractivity contribution in [2.75, 3.05) is 0 Å². The van der Waals surface area contributed by atoms with Crippen LogP contribution in [-0.4, -0.2) is 20.3 Å². The van der Waals surface area contributed by atoms with Crippen LogP contribution in [0.4, 0.5) is 0 Å². The lowest BCUT2D eigenvalue weighted by Crippen LogP contribution is -2.42. The Hall–Kier alpha value is -2.71. The van der Waals surface area contributed by atoms with Crippen LogP contribution in [0.15, 0.2) is 41.1 Å². The van der Waals surface area contributed by atoms with Crippen molar-refractivity contribution in [2.45, 2.75) is 20.4 Å². The lowest BCUT2D eigenvalue weighted by Gasteiger charge is -2.14. The van der Waals surface area contributed by atoms with Crippen LogP contribution >= 0.6 is 22.9 Å². The van der Waals surface area contributed by atoms with Crippen LogP contribution in [0.3, 0.4) is 0 Å². The van der Waals surface area contributed by atoms with Gasteiger partial charge in [0.15, 0.2) is 15.8 Å². The Balaban J connectivity index is 2.39. The predicted octanol–water partition coefficient (Wildman–Crippen LogP) is 1.13. The van der Waals surface area contributed by atoms with E-state index >= 15 is 0 Å². The monoisotopic (exact) mass is 391 g/mol. The van der Waals surface area contributed by atoms with Crippen molar-refractivity contribution in [2.24, 2.45) is 0 Å². The lowest BCUT2D eigenvalue weighted by molar-refractivity contribution is -0.671. The minimum atomic E-state index is -0.642. The number of hydrogen-bond donors (Lipinski definition) is 1. The zero-order valence-corrected chi connectivity index (χ0v) is 15.5. The number of hydrogen-bond acceptors (Lipinski definition) is 6. The van der Waals surface area contributed by atoms with Crippen LogP contribution in [0.25, 0.3) is 11.2 Å². The van der Waals surface area contributed by atoms with Crippen molar-refractivity contribution in [3.8, 4) is 5.88 Å². The van der Waals surface area contributed by atoms with E-state index in [1.54, 1.807) is 24.4 Å². The van der Waals surface area contributed by atoms with Gasteiger partial charge >= 0.3 is 5.56 Å². The molecule has 0 aliphatic carbocycles. The number of aromatic hydroxyl groups is 1. The first-order valence-corrected chi connectivity index (χ1v) is 8.76. The average Bonchev–Trinajstić information content (AvgIpc) is 2.99. The minimum absolute atomic E-state index is 0.167. The number of thiazole rings is 1. The van der Waals surface area contributed by atoms with Crippen molar-refractivity contribution < 1.29 is 19.6 Å². The van der Waals surface area contributed by atoms with Gasteiger partial charge in [-0.1, -0.05) is 24.6 Å². The summed E-state index contributed by atoms with van der Waals surface area (Å²) >= 11 is 7.09. The molecule has 0 amide bonds. The second-order valence-electron chi connectivity index (χ2n) is 5.59. The number of pyridine rings is 1. The molecule has 0 bridgehead atoms. The van der Waals surface area contributed by atoms with Crippen molar-refractivity contribution in [3.05, 3.63) is 61.6 Å². The Morgan fingerprint density at radius 1 is 1.42 bits per heavy atom. The highest BCUT2D eigenvalue weighted by molar-refractivity contribution is 7.15. The fourth-order valence-corrected chi connectivity index (χ4v) is 3.74. The summed E-state index contributed by atoms with van der Waals surface area (Å²) in [5.41, 5.74) is -0.891. The van der Waals surface area contributed by atoms with Gasteiger partial charge in [-0.2, -0.15) is 8.97 Å². The molecule has 0 spiro atoms.